The molecule has 1 aromatic carbocycles. The fourth-order valence-corrected chi connectivity index (χ4v) is 3.98. The number of nitrogens with zero attached hydrogens (tertiary/aromatic N) is 3. The Kier molecular flexibility index (Phi) is 7.87. The Morgan fingerprint density at radius 2 is 2.07 bits per heavy atom. The zero-order valence-corrected chi connectivity index (χ0v) is 18.4. The summed E-state index contributed by atoms with van der Waals surface area (Å²) in [5, 5.41) is 12.2. The van der Waals surface area contributed by atoms with Crippen LogP contribution in [-0.4, -0.2) is 51.7 Å². The van der Waals surface area contributed by atoms with Gasteiger partial charge >= 0.3 is 5.97 Å². The first-order chi connectivity index (χ1) is 14.5. The number of benzene rings is 1. The Morgan fingerprint density at radius 3 is 2.70 bits per heavy atom. The smallest absolute Gasteiger partial charge is 0.338 e. The molecule has 0 spiro atoms. The van der Waals surface area contributed by atoms with Crippen molar-refractivity contribution in [2.45, 2.75) is 57.3 Å². The summed E-state index contributed by atoms with van der Waals surface area (Å²) in [5.74, 6) is 0.823. The van der Waals surface area contributed by atoms with Gasteiger partial charge in [-0.1, -0.05) is 25.6 Å². The molecule has 0 bridgehead atoms. The van der Waals surface area contributed by atoms with Crippen molar-refractivity contribution in [2.75, 3.05) is 24.3 Å². The molecule has 1 aliphatic rings. The maximum atomic E-state index is 12.4. The highest BCUT2D eigenvalue weighted by Gasteiger charge is 2.22. The van der Waals surface area contributed by atoms with Crippen LogP contribution in [0.2, 0.25) is 0 Å². The van der Waals surface area contributed by atoms with Crippen LogP contribution in [0.4, 0.5) is 5.69 Å². The van der Waals surface area contributed by atoms with E-state index in [9.17, 15) is 9.59 Å². The zero-order chi connectivity index (χ0) is 21.5. The Labute approximate surface area is 180 Å². The number of thioether (sulfide) groups is 1. The van der Waals surface area contributed by atoms with Crippen LogP contribution in [0.1, 0.15) is 55.7 Å². The van der Waals surface area contributed by atoms with Crippen molar-refractivity contribution < 1.29 is 19.1 Å². The minimum absolute atomic E-state index is 0.151. The third-order valence-electron chi connectivity index (χ3n) is 4.68. The van der Waals surface area contributed by atoms with Gasteiger partial charge < -0.3 is 19.4 Å². The van der Waals surface area contributed by atoms with E-state index >= 15 is 0 Å². The minimum Gasteiger partial charge on any atom is -0.462 e. The van der Waals surface area contributed by atoms with Crippen LogP contribution in [0.5, 0.6) is 0 Å². The third kappa shape index (κ3) is 5.82. The first-order valence-electron chi connectivity index (χ1n) is 10.2. The third-order valence-corrected chi connectivity index (χ3v) is 5.65. The Bertz CT molecular complexity index is 860. The van der Waals surface area contributed by atoms with Crippen molar-refractivity contribution >= 4 is 29.3 Å². The molecule has 1 aliphatic heterocycles. The molecular formula is C21H28N4O4S. The molecule has 2 heterocycles. The first-order valence-corrected chi connectivity index (χ1v) is 11.2. The van der Waals surface area contributed by atoms with E-state index in [2.05, 4.69) is 33.9 Å². The standard InChI is InChI=1S/C21H28N4O4S/c1-4-28-20(27)15-7-9-16(10-8-15)22-18(26)13-30-21-24-23-19(14(2)3)25(21)12-17-6-5-11-29-17/h7-10,14,17H,4-6,11-13H2,1-3H3,(H,22,26). The number of anilines is 1. The molecule has 1 unspecified atom stereocenters. The van der Waals surface area contributed by atoms with Crippen molar-refractivity contribution in [1.29, 1.82) is 0 Å². The topological polar surface area (TPSA) is 95.3 Å². The monoisotopic (exact) mass is 432 g/mol. The number of carbonyl (C=O) groups is 2. The van der Waals surface area contributed by atoms with Gasteiger partial charge in [-0.3, -0.25) is 4.79 Å². The highest BCUT2D eigenvalue weighted by atomic mass is 32.2. The number of hydrogen-bond acceptors (Lipinski definition) is 7. The molecule has 0 saturated carbocycles. The predicted molar refractivity (Wildman–Crippen MR) is 115 cm³/mol. The number of nitrogens with one attached hydrogen (secondary N) is 1. The average Bonchev–Trinajstić information content (AvgIpc) is 3.37. The second-order valence-corrected chi connectivity index (χ2v) is 8.32. The van der Waals surface area contributed by atoms with Crippen LogP contribution >= 0.6 is 11.8 Å². The fourth-order valence-electron chi connectivity index (χ4n) is 3.23. The Morgan fingerprint density at radius 1 is 1.30 bits per heavy atom. The molecule has 1 fully saturated rings. The largest absolute Gasteiger partial charge is 0.462 e. The fraction of sp³-hybridized carbons (Fsp3) is 0.524. The molecule has 9 heteroatoms. The molecule has 1 N–H and O–H groups in total. The van der Waals surface area contributed by atoms with Crippen molar-refractivity contribution in [3.8, 4) is 0 Å². The second kappa shape index (κ2) is 10.6. The summed E-state index contributed by atoms with van der Waals surface area (Å²) in [7, 11) is 0. The molecule has 0 aliphatic carbocycles. The summed E-state index contributed by atoms with van der Waals surface area (Å²) in [5.41, 5.74) is 1.07. The van der Waals surface area contributed by atoms with Crippen molar-refractivity contribution in [1.82, 2.24) is 14.8 Å². The average molecular weight is 433 g/mol. The number of esters is 1. The van der Waals surface area contributed by atoms with Gasteiger partial charge in [-0.05, 0) is 44.0 Å². The number of rotatable bonds is 9. The van der Waals surface area contributed by atoms with Gasteiger partial charge in [-0.15, -0.1) is 10.2 Å². The van der Waals surface area contributed by atoms with Gasteiger partial charge in [-0.2, -0.15) is 0 Å². The number of carbonyl (C=O) groups excluding carboxylic acids is 2. The zero-order valence-electron chi connectivity index (χ0n) is 17.6. The van der Waals surface area contributed by atoms with Gasteiger partial charge in [0.15, 0.2) is 5.16 Å². The van der Waals surface area contributed by atoms with Gasteiger partial charge in [0, 0.05) is 18.2 Å². The lowest BCUT2D eigenvalue weighted by Gasteiger charge is -2.16. The summed E-state index contributed by atoms with van der Waals surface area (Å²) in [4.78, 5) is 24.1. The van der Waals surface area contributed by atoms with Gasteiger partial charge in [0.05, 0.1) is 30.6 Å². The lowest BCUT2D eigenvalue weighted by atomic mass is 10.2. The van der Waals surface area contributed by atoms with Crippen molar-refractivity contribution in [3.05, 3.63) is 35.7 Å². The van der Waals surface area contributed by atoms with Crippen LogP contribution < -0.4 is 5.32 Å². The summed E-state index contributed by atoms with van der Waals surface area (Å²) >= 11 is 1.36. The molecule has 30 heavy (non-hydrogen) atoms. The summed E-state index contributed by atoms with van der Waals surface area (Å²) in [6, 6.07) is 6.64. The highest BCUT2D eigenvalue weighted by Crippen LogP contribution is 2.24. The van der Waals surface area contributed by atoms with Crippen LogP contribution in [0.3, 0.4) is 0 Å². The van der Waals surface area contributed by atoms with Crippen LogP contribution in [0, 0.1) is 0 Å². The molecule has 3 rings (SSSR count). The molecule has 162 valence electrons. The molecule has 1 amide bonds. The van der Waals surface area contributed by atoms with Crippen molar-refractivity contribution in [3.63, 3.8) is 0 Å². The quantitative estimate of drug-likeness (QED) is 0.479. The van der Waals surface area contributed by atoms with E-state index in [1.807, 2.05) is 0 Å². The van der Waals surface area contributed by atoms with Gasteiger partial charge in [-0.25, -0.2) is 4.79 Å². The second-order valence-electron chi connectivity index (χ2n) is 7.38. The molecule has 1 aromatic heterocycles. The van der Waals surface area contributed by atoms with Crippen LogP contribution in [0.25, 0.3) is 0 Å². The van der Waals surface area contributed by atoms with E-state index in [1.54, 1.807) is 31.2 Å². The summed E-state index contributed by atoms with van der Waals surface area (Å²) < 4.78 is 12.8. The van der Waals surface area contributed by atoms with E-state index < -0.39 is 0 Å². The van der Waals surface area contributed by atoms with Crippen LogP contribution in [-0.2, 0) is 20.8 Å². The Balaban J connectivity index is 1.58. The predicted octanol–water partition coefficient (Wildman–Crippen LogP) is 3.49. The summed E-state index contributed by atoms with van der Waals surface area (Å²) in [6.07, 6.45) is 2.27. The number of ether oxygens (including phenoxy) is 2. The molecule has 1 atom stereocenters. The lowest BCUT2D eigenvalue weighted by Crippen LogP contribution is -2.19. The van der Waals surface area contributed by atoms with E-state index in [0.717, 1.165) is 30.4 Å². The molecule has 0 radical (unpaired) electrons. The normalized spacial score (nSPS) is 16.1. The maximum Gasteiger partial charge on any atom is 0.338 e. The lowest BCUT2D eigenvalue weighted by molar-refractivity contribution is -0.113. The first kappa shape index (κ1) is 22.3. The number of amides is 1. The maximum absolute atomic E-state index is 12.4. The van der Waals surface area contributed by atoms with E-state index in [1.165, 1.54) is 11.8 Å². The van der Waals surface area contributed by atoms with Gasteiger partial charge in [0.25, 0.3) is 0 Å². The van der Waals surface area contributed by atoms with Gasteiger partial charge in [0.1, 0.15) is 5.82 Å². The Hall–Kier alpha value is -2.39. The van der Waals surface area contributed by atoms with Crippen molar-refractivity contribution in [2.24, 2.45) is 0 Å². The van der Waals surface area contributed by atoms with E-state index in [-0.39, 0.29) is 29.7 Å². The minimum atomic E-state index is -0.377. The van der Waals surface area contributed by atoms with E-state index in [0.29, 0.717) is 24.4 Å². The molecule has 8 nitrogen and oxygen atoms in total. The molecular weight excluding hydrogens is 404 g/mol. The SMILES string of the molecule is CCOC(=O)c1ccc(NC(=O)CSc2nnc(C(C)C)n2CC2CCCO2)cc1. The van der Waals surface area contributed by atoms with Gasteiger partial charge in [0.2, 0.25) is 5.91 Å². The van der Waals surface area contributed by atoms with Crippen LogP contribution in [0.15, 0.2) is 29.4 Å². The number of aromatic nitrogens is 3. The van der Waals surface area contributed by atoms with E-state index in [4.69, 9.17) is 9.47 Å². The molecule has 1 saturated heterocycles. The summed E-state index contributed by atoms with van der Waals surface area (Å²) in [6.45, 7) is 7.75. The highest BCUT2D eigenvalue weighted by molar-refractivity contribution is 7.99. The number of hydrogen-bond donors (Lipinski definition) is 1. The molecule has 2 aromatic rings.